The van der Waals surface area contributed by atoms with Crippen molar-refractivity contribution in [2.24, 2.45) is 0 Å². The van der Waals surface area contributed by atoms with Gasteiger partial charge >= 0.3 is 0 Å². The van der Waals surface area contributed by atoms with Gasteiger partial charge in [-0.1, -0.05) is 43.0 Å². The van der Waals surface area contributed by atoms with E-state index in [-0.39, 0.29) is 6.17 Å². The molecule has 3 heterocycles. The highest BCUT2D eigenvalue weighted by Crippen LogP contribution is 2.46. The van der Waals surface area contributed by atoms with Crippen LogP contribution in [0, 0.1) is 0 Å². The van der Waals surface area contributed by atoms with E-state index >= 15 is 0 Å². The van der Waals surface area contributed by atoms with Crippen LogP contribution < -0.4 is 4.90 Å². The number of hydrogen-bond acceptors (Lipinski definition) is 2. The van der Waals surface area contributed by atoms with Gasteiger partial charge in [0.15, 0.2) is 0 Å². The highest BCUT2D eigenvalue weighted by atomic mass is 15.4. The van der Waals surface area contributed by atoms with Crippen LogP contribution in [0.15, 0.2) is 55.1 Å². The molecular weight excluding hydrogens is 282 g/mol. The number of nitrogens with zero attached hydrogens (tertiary/aromatic N) is 2. The SMILES string of the molecule is C=C1c2ccccc2N(C)[C@@H]2c3[nH]c4ccccc4c3CCN12. The molecule has 3 nitrogen and oxygen atoms in total. The maximum absolute atomic E-state index is 4.39. The molecular formula is C20H19N3. The third kappa shape index (κ3) is 1.59. The number of nitrogens with one attached hydrogen (secondary N) is 1. The van der Waals surface area contributed by atoms with Gasteiger partial charge in [0.1, 0.15) is 6.17 Å². The van der Waals surface area contributed by atoms with E-state index in [2.05, 4.69) is 76.9 Å². The number of benzene rings is 2. The zero-order valence-electron chi connectivity index (χ0n) is 13.2. The lowest BCUT2D eigenvalue weighted by molar-refractivity contribution is 0.268. The van der Waals surface area contributed by atoms with E-state index in [0.29, 0.717) is 0 Å². The van der Waals surface area contributed by atoms with Crippen LogP contribution in [0.5, 0.6) is 0 Å². The van der Waals surface area contributed by atoms with Crippen LogP contribution in [0.25, 0.3) is 16.6 Å². The molecule has 2 aliphatic heterocycles. The van der Waals surface area contributed by atoms with E-state index in [1.165, 1.54) is 33.4 Å². The first-order valence-electron chi connectivity index (χ1n) is 8.13. The quantitative estimate of drug-likeness (QED) is 0.674. The smallest absolute Gasteiger partial charge is 0.143 e. The number of aromatic amines is 1. The minimum atomic E-state index is 0.202. The Bertz CT molecular complexity index is 937. The second-order valence-electron chi connectivity index (χ2n) is 6.45. The Labute approximate surface area is 135 Å². The zero-order chi connectivity index (χ0) is 15.6. The van der Waals surface area contributed by atoms with Crippen LogP contribution in [0.3, 0.4) is 0 Å². The molecule has 2 aliphatic rings. The highest BCUT2D eigenvalue weighted by Gasteiger charge is 2.38. The summed E-state index contributed by atoms with van der Waals surface area (Å²) >= 11 is 0. The number of hydrogen-bond donors (Lipinski definition) is 1. The molecule has 0 radical (unpaired) electrons. The largest absolute Gasteiger partial charge is 0.355 e. The third-order valence-corrected chi connectivity index (χ3v) is 5.31. The Morgan fingerprint density at radius 1 is 1.09 bits per heavy atom. The van der Waals surface area contributed by atoms with Crippen molar-refractivity contribution in [1.82, 2.24) is 9.88 Å². The van der Waals surface area contributed by atoms with Gasteiger partial charge in [0.05, 0.1) is 5.69 Å². The predicted molar refractivity (Wildman–Crippen MR) is 95.3 cm³/mol. The first-order chi connectivity index (χ1) is 11.3. The topological polar surface area (TPSA) is 22.3 Å². The van der Waals surface area contributed by atoms with Gasteiger partial charge in [0, 0.05) is 41.4 Å². The predicted octanol–water partition coefficient (Wildman–Crippen LogP) is 4.15. The van der Waals surface area contributed by atoms with Crippen molar-refractivity contribution in [1.29, 1.82) is 0 Å². The molecule has 1 atom stereocenters. The molecule has 1 N–H and O–H groups in total. The fourth-order valence-electron chi connectivity index (χ4n) is 4.22. The molecule has 2 aromatic carbocycles. The van der Waals surface area contributed by atoms with E-state index in [1.54, 1.807) is 0 Å². The maximum atomic E-state index is 4.39. The molecule has 1 aromatic heterocycles. The average molecular weight is 301 g/mol. The van der Waals surface area contributed by atoms with Crippen molar-refractivity contribution in [3.05, 3.63) is 71.9 Å². The zero-order valence-corrected chi connectivity index (χ0v) is 13.2. The van der Waals surface area contributed by atoms with Crippen molar-refractivity contribution in [3.63, 3.8) is 0 Å². The van der Waals surface area contributed by atoms with Gasteiger partial charge < -0.3 is 14.8 Å². The summed E-state index contributed by atoms with van der Waals surface area (Å²) in [5.41, 5.74) is 7.64. The van der Waals surface area contributed by atoms with E-state index < -0.39 is 0 Å². The third-order valence-electron chi connectivity index (χ3n) is 5.31. The average Bonchev–Trinajstić information content (AvgIpc) is 2.98. The molecule has 3 aromatic rings. The van der Waals surface area contributed by atoms with Gasteiger partial charge in [-0.15, -0.1) is 0 Å². The molecule has 114 valence electrons. The maximum Gasteiger partial charge on any atom is 0.143 e. The van der Waals surface area contributed by atoms with E-state index in [0.717, 1.165) is 18.7 Å². The Balaban J connectivity index is 1.75. The molecule has 3 heteroatoms. The molecule has 23 heavy (non-hydrogen) atoms. The van der Waals surface area contributed by atoms with Crippen LogP contribution in [-0.4, -0.2) is 23.5 Å². The molecule has 0 spiro atoms. The lowest BCUT2D eigenvalue weighted by Gasteiger charge is -2.48. The van der Waals surface area contributed by atoms with Gasteiger partial charge in [0.25, 0.3) is 0 Å². The van der Waals surface area contributed by atoms with Crippen LogP contribution in [0.4, 0.5) is 5.69 Å². The van der Waals surface area contributed by atoms with Crippen molar-refractivity contribution in [2.75, 3.05) is 18.5 Å². The summed E-state index contributed by atoms with van der Waals surface area (Å²) in [6.45, 7) is 5.40. The van der Waals surface area contributed by atoms with Gasteiger partial charge in [0.2, 0.25) is 0 Å². The Morgan fingerprint density at radius 2 is 1.87 bits per heavy atom. The summed E-state index contributed by atoms with van der Waals surface area (Å²) in [5.74, 6) is 0. The second-order valence-corrected chi connectivity index (χ2v) is 6.45. The first-order valence-corrected chi connectivity index (χ1v) is 8.13. The molecule has 0 amide bonds. The minimum Gasteiger partial charge on any atom is -0.355 e. The van der Waals surface area contributed by atoms with E-state index in [4.69, 9.17) is 0 Å². The number of H-pyrrole nitrogens is 1. The summed E-state index contributed by atoms with van der Waals surface area (Å²) in [7, 11) is 2.18. The molecule has 0 fully saturated rings. The standard InChI is InChI=1S/C20H19N3/c1-13-14-7-4-6-10-18(14)22(2)20-19-16(11-12-23(13)20)15-8-3-5-9-17(15)21-19/h3-10,20-21H,1,11-12H2,2H3/t20-/m0/s1. The van der Waals surface area contributed by atoms with Gasteiger partial charge in [-0.25, -0.2) is 0 Å². The van der Waals surface area contributed by atoms with E-state index in [9.17, 15) is 0 Å². The Kier molecular flexibility index (Phi) is 2.46. The lowest BCUT2D eigenvalue weighted by Crippen LogP contribution is -2.46. The molecule has 0 aliphatic carbocycles. The summed E-state index contributed by atoms with van der Waals surface area (Å²) in [6.07, 6.45) is 1.26. The van der Waals surface area contributed by atoms with Crippen molar-refractivity contribution in [2.45, 2.75) is 12.6 Å². The lowest BCUT2D eigenvalue weighted by atomic mass is 9.95. The van der Waals surface area contributed by atoms with Crippen LogP contribution in [-0.2, 0) is 6.42 Å². The van der Waals surface area contributed by atoms with Gasteiger partial charge in [-0.3, -0.25) is 0 Å². The Morgan fingerprint density at radius 3 is 2.78 bits per heavy atom. The summed E-state index contributed by atoms with van der Waals surface area (Å²) in [5, 5.41) is 1.36. The fourth-order valence-corrected chi connectivity index (χ4v) is 4.22. The van der Waals surface area contributed by atoms with Crippen molar-refractivity contribution < 1.29 is 0 Å². The molecule has 5 rings (SSSR count). The second kappa shape index (κ2) is 4.42. The summed E-state index contributed by atoms with van der Waals surface area (Å²) in [4.78, 5) is 8.48. The monoisotopic (exact) mass is 301 g/mol. The van der Waals surface area contributed by atoms with E-state index in [1.807, 2.05) is 0 Å². The first kappa shape index (κ1) is 12.8. The number of fused-ring (bicyclic) bond motifs is 6. The highest BCUT2D eigenvalue weighted by molar-refractivity contribution is 5.86. The molecule has 0 saturated carbocycles. The number of rotatable bonds is 0. The normalized spacial score (nSPS) is 19.5. The van der Waals surface area contributed by atoms with Crippen molar-refractivity contribution >= 4 is 22.3 Å². The number of anilines is 1. The van der Waals surface area contributed by atoms with Crippen LogP contribution in [0.2, 0.25) is 0 Å². The van der Waals surface area contributed by atoms with Crippen LogP contribution in [0.1, 0.15) is 23.0 Å². The minimum absolute atomic E-state index is 0.202. The van der Waals surface area contributed by atoms with Crippen LogP contribution >= 0.6 is 0 Å². The number of aromatic nitrogens is 1. The molecule has 0 saturated heterocycles. The van der Waals surface area contributed by atoms with Crippen molar-refractivity contribution in [3.8, 4) is 0 Å². The molecule has 0 unspecified atom stereocenters. The Hall–Kier alpha value is -2.68. The fraction of sp³-hybridized carbons (Fsp3) is 0.200. The summed E-state index contributed by atoms with van der Waals surface area (Å²) < 4.78 is 0. The van der Waals surface area contributed by atoms with Gasteiger partial charge in [-0.2, -0.15) is 0 Å². The number of para-hydroxylation sites is 2. The van der Waals surface area contributed by atoms with Gasteiger partial charge in [-0.05, 0) is 24.1 Å². The molecule has 0 bridgehead atoms. The summed E-state index contributed by atoms with van der Waals surface area (Å²) in [6, 6.07) is 17.2.